The molecule has 1 rings (SSSR count). The van der Waals surface area contributed by atoms with Crippen LogP contribution in [0.1, 0.15) is 0 Å². The zero-order chi connectivity index (χ0) is 13.0. The molecular weight excluding hydrogens is 308 g/mol. The number of alkyl halides is 2. The van der Waals surface area contributed by atoms with Gasteiger partial charge in [-0.15, -0.1) is 0 Å². The topological polar surface area (TPSA) is 41.1 Å². The van der Waals surface area contributed by atoms with Gasteiger partial charge in [0.2, 0.25) is 0 Å². The molecule has 0 fully saturated rings. The van der Waals surface area contributed by atoms with Crippen LogP contribution in [0, 0.1) is 11.6 Å². The first-order chi connectivity index (χ1) is 7.90. The maximum absolute atomic E-state index is 13.1. The Labute approximate surface area is 102 Å². The van der Waals surface area contributed by atoms with Crippen molar-refractivity contribution in [1.82, 2.24) is 5.32 Å². The number of rotatable bonds is 3. The summed E-state index contributed by atoms with van der Waals surface area (Å²) < 4.78 is 49.4. The van der Waals surface area contributed by atoms with Crippen LogP contribution in [0.15, 0.2) is 16.6 Å². The lowest BCUT2D eigenvalue weighted by atomic mass is 10.3. The standard InChI is InChI=1S/C9H7BrF4N2O/c10-4-1-7(6(12)2-5(4)11)16-9(17)15-3-8(13)14/h1-2,8H,3H2,(H2,15,16,17). The third-order valence-electron chi connectivity index (χ3n) is 1.68. The van der Waals surface area contributed by atoms with E-state index in [4.69, 9.17) is 0 Å². The van der Waals surface area contributed by atoms with Gasteiger partial charge in [0.05, 0.1) is 16.7 Å². The van der Waals surface area contributed by atoms with Gasteiger partial charge >= 0.3 is 6.03 Å². The molecule has 0 radical (unpaired) electrons. The molecule has 17 heavy (non-hydrogen) atoms. The molecule has 1 aromatic carbocycles. The Bertz CT molecular complexity index is 428. The first kappa shape index (κ1) is 13.8. The maximum atomic E-state index is 13.1. The van der Waals surface area contributed by atoms with Crippen LogP contribution >= 0.6 is 15.9 Å². The van der Waals surface area contributed by atoms with E-state index in [0.717, 1.165) is 6.07 Å². The molecule has 94 valence electrons. The Morgan fingerprint density at radius 1 is 1.29 bits per heavy atom. The molecule has 0 aliphatic carbocycles. The highest BCUT2D eigenvalue weighted by atomic mass is 79.9. The van der Waals surface area contributed by atoms with Crippen LogP contribution in [0.3, 0.4) is 0 Å². The van der Waals surface area contributed by atoms with E-state index >= 15 is 0 Å². The fraction of sp³-hybridized carbons (Fsp3) is 0.222. The number of carbonyl (C=O) groups is 1. The number of halogens is 5. The predicted octanol–water partition coefficient (Wildman–Crippen LogP) is 3.11. The molecule has 0 saturated heterocycles. The SMILES string of the molecule is O=C(NCC(F)F)Nc1cc(Br)c(F)cc1F. The average molecular weight is 315 g/mol. The van der Waals surface area contributed by atoms with Gasteiger partial charge in [-0.1, -0.05) is 0 Å². The van der Waals surface area contributed by atoms with Gasteiger partial charge in [-0.25, -0.2) is 22.4 Å². The summed E-state index contributed by atoms with van der Waals surface area (Å²) in [5.41, 5.74) is -0.315. The molecule has 0 bridgehead atoms. The minimum Gasteiger partial charge on any atom is -0.332 e. The van der Waals surface area contributed by atoms with Crippen molar-refractivity contribution in [3.05, 3.63) is 28.2 Å². The number of anilines is 1. The largest absolute Gasteiger partial charge is 0.332 e. The molecule has 8 heteroatoms. The van der Waals surface area contributed by atoms with Crippen LogP contribution < -0.4 is 10.6 Å². The fourth-order valence-corrected chi connectivity index (χ4v) is 1.30. The zero-order valence-corrected chi connectivity index (χ0v) is 9.82. The van der Waals surface area contributed by atoms with Crippen LogP contribution in [-0.4, -0.2) is 19.0 Å². The Morgan fingerprint density at radius 2 is 1.94 bits per heavy atom. The first-order valence-electron chi connectivity index (χ1n) is 4.37. The van der Waals surface area contributed by atoms with Gasteiger partial charge in [-0.2, -0.15) is 0 Å². The monoisotopic (exact) mass is 314 g/mol. The van der Waals surface area contributed by atoms with E-state index in [9.17, 15) is 22.4 Å². The van der Waals surface area contributed by atoms with Crippen molar-refractivity contribution in [2.75, 3.05) is 11.9 Å². The summed E-state index contributed by atoms with van der Waals surface area (Å²) in [6.45, 7) is -0.851. The molecule has 0 saturated carbocycles. The smallest absolute Gasteiger partial charge is 0.319 e. The lowest BCUT2D eigenvalue weighted by Crippen LogP contribution is -2.32. The summed E-state index contributed by atoms with van der Waals surface area (Å²) >= 11 is 2.80. The third kappa shape index (κ3) is 4.22. The van der Waals surface area contributed by atoms with Crippen LogP contribution in [-0.2, 0) is 0 Å². The highest BCUT2D eigenvalue weighted by molar-refractivity contribution is 9.10. The number of nitrogens with one attached hydrogen (secondary N) is 2. The molecule has 0 unspecified atom stereocenters. The van der Waals surface area contributed by atoms with E-state index in [-0.39, 0.29) is 10.2 Å². The molecule has 2 N–H and O–H groups in total. The van der Waals surface area contributed by atoms with Gasteiger partial charge in [0, 0.05) is 6.07 Å². The highest BCUT2D eigenvalue weighted by Crippen LogP contribution is 2.23. The average Bonchev–Trinajstić information content (AvgIpc) is 2.23. The summed E-state index contributed by atoms with van der Waals surface area (Å²) in [6, 6.07) is 0.557. The summed E-state index contributed by atoms with van der Waals surface area (Å²) in [6.07, 6.45) is -2.70. The third-order valence-corrected chi connectivity index (χ3v) is 2.28. The van der Waals surface area contributed by atoms with Crippen LogP contribution in [0.4, 0.5) is 28.0 Å². The van der Waals surface area contributed by atoms with Crippen molar-refractivity contribution >= 4 is 27.6 Å². The summed E-state index contributed by atoms with van der Waals surface area (Å²) in [5.74, 6) is -1.83. The van der Waals surface area contributed by atoms with E-state index in [1.807, 2.05) is 10.6 Å². The molecule has 1 aromatic rings. The molecule has 0 aliphatic heterocycles. The fourth-order valence-electron chi connectivity index (χ4n) is 0.955. The molecular formula is C9H7BrF4N2O. The second kappa shape index (κ2) is 5.85. The Balaban J connectivity index is 2.68. The molecule has 0 spiro atoms. The number of hydrogen-bond donors (Lipinski definition) is 2. The number of amides is 2. The quantitative estimate of drug-likeness (QED) is 0.653. The molecule has 0 heterocycles. The number of hydrogen-bond acceptors (Lipinski definition) is 1. The summed E-state index contributed by atoms with van der Waals surface area (Å²) in [4.78, 5) is 11.0. The lowest BCUT2D eigenvalue weighted by molar-refractivity contribution is 0.148. The Kier molecular flexibility index (Phi) is 4.73. The van der Waals surface area contributed by atoms with Gasteiger partial charge in [0.1, 0.15) is 11.6 Å². The van der Waals surface area contributed by atoms with Gasteiger partial charge in [0.25, 0.3) is 6.43 Å². The number of carbonyl (C=O) groups excluding carboxylic acids is 1. The highest BCUT2D eigenvalue weighted by Gasteiger charge is 2.12. The minimum absolute atomic E-state index is 0.0527. The van der Waals surface area contributed by atoms with Gasteiger partial charge in [-0.05, 0) is 22.0 Å². The number of urea groups is 1. The van der Waals surface area contributed by atoms with Gasteiger partial charge < -0.3 is 10.6 Å². The zero-order valence-electron chi connectivity index (χ0n) is 8.24. The molecule has 2 amide bonds. The van der Waals surface area contributed by atoms with E-state index in [1.165, 1.54) is 0 Å². The van der Waals surface area contributed by atoms with E-state index < -0.39 is 30.6 Å². The van der Waals surface area contributed by atoms with Gasteiger partial charge in [-0.3, -0.25) is 0 Å². The van der Waals surface area contributed by atoms with Crippen molar-refractivity contribution in [2.45, 2.75) is 6.43 Å². The van der Waals surface area contributed by atoms with E-state index in [2.05, 4.69) is 15.9 Å². The van der Waals surface area contributed by atoms with Crippen molar-refractivity contribution in [3.63, 3.8) is 0 Å². The van der Waals surface area contributed by atoms with E-state index in [0.29, 0.717) is 6.07 Å². The van der Waals surface area contributed by atoms with E-state index in [1.54, 1.807) is 0 Å². The van der Waals surface area contributed by atoms with Gasteiger partial charge in [0.15, 0.2) is 0 Å². The van der Waals surface area contributed by atoms with Crippen LogP contribution in [0.25, 0.3) is 0 Å². The number of benzene rings is 1. The van der Waals surface area contributed by atoms with Crippen molar-refractivity contribution in [1.29, 1.82) is 0 Å². The van der Waals surface area contributed by atoms with Crippen LogP contribution in [0.5, 0.6) is 0 Å². The predicted molar refractivity (Wildman–Crippen MR) is 57.1 cm³/mol. The minimum atomic E-state index is -2.70. The second-order valence-electron chi connectivity index (χ2n) is 2.97. The van der Waals surface area contributed by atoms with Crippen molar-refractivity contribution < 1.29 is 22.4 Å². The molecule has 0 atom stereocenters. The first-order valence-corrected chi connectivity index (χ1v) is 5.17. The lowest BCUT2D eigenvalue weighted by Gasteiger charge is -2.08. The van der Waals surface area contributed by atoms with Crippen molar-refractivity contribution in [3.8, 4) is 0 Å². The summed E-state index contributed by atoms with van der Waals surface area (Å²) in [5, 5.41) is 3.79. The van der Waals surface area contributed by atoms with Crippen molar-refractivity contribution in [2.24, 2.45) is 0 Å². The maximum Gasteiger partial charge on any atom is 0.319 e. The molecule has 3 nitrogen and oxygen atoms in total. The second-order valence-corrected chi connectivity index (χ2v) is 3.83. The normalized spacial score (nSPS) is 10.5. The Hall–Kier alpha value is -1.31. The van der Waals surface area contributed by atoms with Crippen LogP contribution in [0.2, 0.25) is 0 Å². The molecule has 0 aromatic heterocycles. The molecule has 0 aliphatic rings. The Morgan fingerprint density at radius 3 is 2.53 bits per heavy atom. The summed E-state index contributed by atoms with van der Waals surface area (Å²) in [7, 11) is 0.